The summed E-state index contributed by atoms with van der Waals surface area (Å²) in [4.78, 5) is 27.1. The Hall–Kier alpha value is -3.79. The predicted octanol–water partition coefficient (Wildman–Crippen LogP) is 3.55. The van der Waals surface area contributed by atoms with Crippen molar-refractivity contribution in [1.29, 1.82) is 0 Å². The normalized spacial score (nSPS) is 17.3. The van der Waals surface area contributed by atoms with Gasteiger partial charge in [-0.1, -0.05) is 11.6 Å². The summed E-state index contributed by atoms with van der Waals surface area (Å²) >= 11 is 0. The van der Waals surface area contributed by atoms with Crippen molar-refractivity contribution in [2.45, 2.75) is 19.8 Å². The van der Waals surface area contributed by atoms with Crippen LogP contribution in [0.1, 0.15) is 24.6 Å². The second-order valence-corrected chi connectivity index (χ2v) is 9.61. The molecule has 4 heterocycles. The average molecular weight is 493 g/mol. The molecule has 0 N–H and O–H groups in total. The summed E-state index contributed by atoms with van der Waals surface area (Å²) in [6.45, 7) is 5.12. The van der Waals surface area contributed by atoms with E-state index in [1.807, 2.05) is 11.8 Å². The number of methoxy groups -OCH3 is 1. The number of amides is 1. The number of benzene rings is 1. The third-order valence-electron chi connectivity index (χ3n) is 6.82. The van der Waals surface area contributed by atoms with Gasteiger partial charge in [-0.15, -0.1) is 0 Å². The molecule has 2 saturated heterocycles. The standard InChI is InChI=1S/C26H25FN4O5/c1-15-5-16-18(6-15)28-9-22(24(16)27)36-25-17-7-20(33-2)21(8-19(17)29-14-30-25)35-4-3-23(32)31-10-26(11-31)12-34-13-26/h5,7-9,14H,3-4,6,10-13H2,1-2H3. The van der Waals surface area contributed by atoms with E-state index in [1.54, 1.807) is 18.2 Å². The van der Waals surface area contributed by atoms with Crippen LogP contribution in [-0.4, -0.2) is 65.8 Å². The third-order valence-corrected chi connectivity index (χ3v) is 6.82. The molecule has 0 bridgehead atoms. The minimum Gasteiger partial charge on any atom is -0.493 e. The zero-order valence-corrected chi connectivity index (χ0v) is 20.0. The maximum Gasteiger partial charge on any atom is 0.230 e. The number of carbonyl (C=O) groups excluding carboxylic acids is 1. The summed E-state index contributed by atoms with van der Waals surface area (Å²) in [5, 5.41) is 0.526. The van der Waals surface area contributed by atoms with Crippen LogP contribution in [0.15, 0.2) is 30.2 Å². The number of halogens is 1. The highest BCUT2D eigenvalue weighted by molar-refractivity contribution is 5.87. The van der Waals surface area contributed by atoms with Crippen LogP contribution in [0.3, 0.4) is 0 Å². The van der Waals surface area contributed by atoms with E-state index < -0.39 is 5.82 Å². The zero-order valence-electron chi connectivity index (χ0n) is 20.0. The molecule has 0 radical (unpaired) electrons. The summed E-state index contributed by atoms with van der Waals surface area (Å²) in [5.41, 5.74) is 2.90. The summed E-state index contributed by atoms with van der Waals surface area (Å²) in [6, 6.07) is 3.38. The molecular weight excluding hydrogens is 467 g/mol. The number of fused-ring (bicyclic) bond motifs is 2. The Morgan fingerprint density at radius 3 is 2.75 bits per heavy atom. The van der Waals surface area contributed by atoms with Crippen molar-refractivity contribution >= 4 is 22.9 Å². The zero-order chi connectivity index (χ0) is 24.9. The molecule has 6 rings (SSSR count). The number of aromatic nitrogens is 3. The number of nitrogens with zero attached hydrogens (tertiary/aromatic N) is 4. The van der Waals surface area contributed by atoms with Gasteiger partial charge in [-0.3, -0.25) is 9.78 Å². The SMILES string of the molecule is COc1cc2c(Oc3cnc4c(c3F)C=C(C)C4)ncnc2cc1OCCC(=O)N1CC2(COC2)C1. The first kappa shape index (κ1) is 22.7. The topological polar surface area (TPSA) is 95.9 Å². The molecule has 1 amide bonds. The predicted molar refractivity (Wildman–Crippen MR) is 128 cm³/mol. The lowest BCUT2D eigenvalue weighted by molar-refractivity contribution is -0.195. The Labute approximate surface area is 206 Å². The molecule has 2 aliphatic heterocycles. The van der Waals surface area contributed by atoms with Gasteiger partial charge in [0, 0.05) is 31.1 Å². The quantitative estimate of drug-likeness (QED) is 0.494. The van der Waals surface area contributed by atoms with Gasteiger partial charge in [0.15, 0.2) is 23.1 Å². The van der Waals surface area contributed by atoms with Gasteiger partial charge in [-0.05, 0) is 13.0 Å². The van der Waals surface area contributed by atoms with E-state index in [1.165, 1.54) is 19.6 Å². The van der Waals surface area contributed by atoms with Gasteiger partial charge in [-0.25, -0.2) is 14.4 Å². The Bertz CT molecular complexity index is 1400. The molecule has 0 unspecified atom stereocenters. The van der Waals surface area contributed by atoms with Crippen molar-refractivity contribution in [3.63, 3.8) is 0 Å². The molecule has 0 saturated carbocycles. The summed E-state index contributed by atoms with van der Waals surface area (Å²) in [5.74, 6) is 0.611. The molecule has 1 aromatic carbocycles. The Balaban J connectivity index is 1.18. The van der Waals surface area contributed by atoms with Crippen LogP contribution in [0, 0.1) is 11.2 Å². The first-order valence-corrected chi connectivity index (χ1v) is 11.8. The van der Waals surface area contributed by atoms with Gasteiger partial charge >= 0.3 is 0 Å². The number of hydrogen-bond acceptors (Lipinski definition) is 8. The Morgan fingerprint density at radius 2 is 2.00 bits per heavy atom. The highest BCUT2D eigenvalue weighted by atomic mass is 19.1. The smallest absolute Gasteiger partial charge is 0.230 e. The third kappa shape index (κ3) is 3.91. The van der Waals surface area contributed by atoms with Gasteiger partial charge in [0.05, 0.1) is 61.6 Å². The number of pyridine rings is 1. The van der Waals surface area contributed by atoms with Crippen LogP contribution in [0.25, 0.3) is 17.0 Å². The number of ether oxygens (including phenoxy) is 4. The molecule has 0 atom stereocenters. The lowest BCUT2D eigenvalue weighted by atomic mass is 9.78. The minimum absolute atomic E-state index is 0.0151. The molecule has 1 aliphatic carbocycles. The number of likely N-dealkylation sites (tertiary alicyclic amines) is 1. The maximum atomic E-state index is 15.1. The molecule has 10 heteroatoms. The molecule has 3 aromatic rings. The van der Waals surface area contributed by atoms with Gasteiger partial charge in [-0.2, -0.15) is 0 Å². The van der Waals surface area contributed by atoms with E-state index in [-0.39, 0.29) is 36.0 Å². The lowest BCUT2D eigenvalue weighted by Crippen LogP contribution is -2.67. The number of carbonyl (C=O) groups is 1. The van der Waals surface area contributed by atoms with Crippen molar-refractivity contribution in [2.24, 2.45) is 5.41 Å². The van der Waals surface area contributed by atoms with Crippen molar-refractivity contribution in [3.05, 3.63) is 47.3 Å². The fourth-order valence-corrected chi connectivity index (χ4v) is 4.86. The monoisotopic (exact) mass is 492 g/mol. The highest BCUT2D eigenvalue weighted by Gasteiger charge is 2.50. The summed E-state index contributed by atoms with van der Waals surface area (Å²) in [6.07, 6.45) is 5.38. The molecule has 1 spiro atoms. The van der Waals surface area contributed by atoms with Crippen molar-refractivity contribution in [1.82, 2.24) is 19.9 Å². The van der Waals surface area contributed by atoms with E-state index in [9.17, 15) is 4.79 Å². The number of allylic oxidation sites excluding steroid dienone is 1. The van der Waals surface area contributed by atoms with Crippen LogP contribution in [0.5, 0.6) is 23.1 Å². The van der Waals surface area contributed by atoms with Crippen LogP contribution in [0.4, 0.5) is 4.39 Å². The fourth-order valence-electron chi connectivity index (χ4n) is 4.86. The molecule has 2 aromatic heterocycles. The fraction of sp³-hybridized carbons (Fsp3) is 0.385. The highest BCUT2D eigenvalue weighted by Crippen LogP contribution is 2.39. The number of rotatable bonds is 7. The first-order valence-electron chi connectivity index (χ1n) is 11.8. The van der Waals surface area contributed by atoms with Crippen LogP contribution in [0.2, 0.25) is 0 Å². The summed E-state index contributed by atoms with van der Waals surface area (Å²) < 4.78 is 37.5. The van der Waals surface area contributed by atoms with Crippen LogP contribution < -0.4 is 14.2 Å². The first-order chi connectivity index (χ1) is 17.4. The van der Waals surface area contributed by atoms with Gasteiger partial charge in [0.25, 0.3) is 0 Å². The molecule has 186 valence electrons. The second kappa shape index (κ2) is 8.70. The van der Waals surface area contributed by atoms with E-state index >= 15 is 4.39 Å². The maximum absolute atomic E-state index is 15.1. The number of hydrogen-bond donors (Lipinski definition) is 0. The molecule has 9 nitrogen and oxygen atoms in total. The van der Waals surface area contributed by atoms with Crippen molar-refractivity contribution in [3.8, 4) is 23.1 Å². The minimum atomic E-state index is -0.474. The second-order valence-electron chi connectivity index (χ2n) is 9.61. The molecular formula is C26H25FN4O5. The van der Waals surface area contributed by atoms with E-state index in [0.29, 0.717) is 40.1 Å². The molecule has 36 heavy (non-hydrogen) atoms. The summed E-state index contributed by atoms with van der Waals surface area (Å²) in [7, 11) is 1.52. The van der Waals surface area contributed by atoms with E-state index in [4.69, 9.17) is 18.9 Å². The molecule has 3 aliphatic rings. The van der Waals surface area contributed by atoms with Gasteiger partial charge in [0.1, 0.15) is 6.33 Å². The van der Waals surface area contributed by atoms with Crippen LogP contribution in [-0.2, 0) is 16.0 Å². The van der Waals surface area contributed by atoms with Gasteiger partial charge < -0.3 is 23.8 Å². The molecule has 2 fully saturated rings. The Kier molecular flexibility index (Phi) is 5.48. The van der Waals surface area contributed by atoms with Gasteiger partial charge in [0.2, 0.25) is 11.8 Å². The van der Waals surface area contributed by atoms with E-state index in [0.717, 1.165) is 31.9 Å². The van der Waals surface area contributed by atoms with Crippen molar-refractivity contribution < 1.29 is 28.1 Å². The average Bonchev–Trinajstić information content (AvgIpc) is 3.20. The van der Waals surface area contributed by atoms with Crippen LogP contribution >= 0.6 is 0 Å². The Morgan fingerprint density at radius 1 is 1.17 bits per heavy atom. The lowest BCUT2D eigenvalue weighted by Gasteiger charge is -2.55. The largest absolute Gasteiger partial charge is 0.493 e. The van der Waals surface area contributed by atoms with Crippen molar-refractivity contribution in [2.75, 3.05) is 40.0 Å². The van der Waals surface area contributed by atoms with E-state index in [2.05, 4.69) is 15.0 Å².